The minimum absolute atomic E-state index is 0.0410. The molecule has 0 aliphatic heterocycles. The van der Waals surface area contributed by atoms with Crippen molar-refractivity contribution in [3.8, 4) is 0 Å². The van der Waals surface area contributed by atoms with E-state index in [4.69, 9.17) is 4.74 Å². The number of esters is 1. The Bertz CT molecular complexity index is 668. The number of nitrogens with one attached hydrogen (secondary N) is 1. The van der Waals surface area contributed by atoms with Gasteiger partial charge < -0.3 is 10.1 Å². The van der Waals surface area contributed by atoms with Crippen LogP contribution < -0.4 is 5.32 Å². The van der Waals surface area contributed by atoms with Crippen LogP contribution in [-0.2, 0) is 16.1 Å². The number of benzene rings is 2. The standard InChI is InChI=1S/C17H16FNO3/c1-12-4-2-3-5-15(12)17(21)19-10-16(20)22-11-13-6-8-14(18)9-7-13/h2-9H,10-11H2,1H3,(H,19,21). The van der Waals surface area contributed by atoms with E-state index in [1.54, 1.807) is 12.1 Å². The molecule has 1 amide bonds. The zero-order chi connectivity index (χ0) is 15.9. The number of aryl methyl sites for hydroxylation is 1. The minimum atomic E-state index is -0.550. The lowest BCUT2D eigenvalue weighted by atomic mass is 10.1. The van der Waals surface area contributed by atoms with Crippen LogP contribution >= 0.6 is 0 Å². The maximum atomic E-state index is 12.7. The molecule has 0 bridgehead atoms. The summed E-state index contributed by atoms with van der Waals surface area (Å²) < 4.78 is 17.7. The van der Waals surface area contributed by atoms with E-state index in [1.165, 1.54) is 24.3 Å². The molecule has 0 aromatic heterocycles. The van der Waals surface area contributed by atoms with Crippen molar-refractivity contribution in [2.75, 3.05) is 6.54 Å². The molecule has 2 aromatic carbocycles. The highest BCUT2D eigenvalue weighted by Gasteiger charge is 2.10. The quantitative estimate of drug-likeness (QED) is 0.864. The number of hydrogen-bond donors (Lipinski definition) is 1. The van der Waals surface area contributed by atoms with Crippen LogP contribution in [-0.4, -0.2) is 18.4 Å². The van der Waals surface area contributed by atoms with E-state index < -0.39 is 5.97 Å². The predicted octanol–water partition coefficient (Wildman–Crippen LogP) is 2.61. The summed E-state index contributed by atoms with van der Waals surface area (Å²) >= 11 is 0. The van der Waals surface area contributed by atoms with E-state index in [2.05, 4.69) is 5.32 Å². The highest BCUT2D eigenvalue weighted by molar-refractivity contribution is 5.97. The van der Waals surface area contributed by atoms with Gasteiger partial charge in [0.1, 0.15) is 19.0 Å². The van der Waals surface area contributed by atoms with Gasteiger partial charge in [-0.05, 0) is 36.2 Å². The van der Waals surface area contributed by atoms with Crippen molar-refractivity contribution >= 4 is 11.9 Å². The van der Waals surface area contributed by atoms with Gasteiger partial charge in [0.25, 0.3) is 5.91 Å². The first kappa shape index (κ1) is 15.7. The Labute approximate surface area is 127 Å². The summed E-state index contributed by atoms with van der Waals surface area (Å²) in [6.45, 7) is 1.65. The second-order valence-corrected chi connectivity index (χ2v) is 4.78. The Morgan fingerprint density at radius 3 is 2.45 bits per heavy atom. The summed E-state index contributed by atoms with van der Waals surface area (Å²) in [5.41, 5.74) is 2.04. The SMILES string of the molecule is Cc1ccccc1C(=O)NCC(=O)OCc1ccc(F)cc1. The van der Waals surface area contributed by atoms with Crippen molar-refractivity contribution in [3.63, 3.8) is 0 Å². The zero-order valence-corrected chi connectivity index (χ0v) is 12.1. The van der Waals surface area contributed by atoms with Gasteiger partial charge in [-0.3, -0.25) is 9.59 Å². The van der Waals surface area contributed by atoms with Crippen molar-refractivity contribution in [1.82, 2.24) is 5.32 Å². The second-order valence-electron chi connectivity index (χ2n) is 4.78. The molecule has 2 aromatic rings. The van der Waals surface area contributed by atoms with Crippen molar-refractivity contribution in [2.45, 2.75) is 13.5 Å². The Morgan fingerprint density at radius 1 is 1.09 bits per heavy atom. The highest BCUT2D eigenvalue weighted by Crippen LogP contribution is 2.06. The van der Waals surface area contributed by atoms with Gasteiger partial charge in [0, 0.05) is 5.56 Å². The highest BCUT2D eigenvalue weighted by atomic mass is 19.1. The van der Waals surface area contributed by atoms with Crippen LogP contribution in [0, 0.1) is 12.7 Å². The lowest BCUT2D eigenvalue weighted by molar-refractivity contribution is -0.143. The molecular formula is C17H16FNO3. The van der Waals surface area contributed by atoms with Crippen molar-refractivity contribution in [3.05, 3.63) is 71.0 Å². The average Bonchev–Trinajstić information content (AvgIpc) is 2.52. The first-order valence-corrected chi connectivity index (χ1v) is 6.80. The molecule has 0 radical (unpaired) electrons. The summed E-state index contributed by atoms with van der Waals surface area (Å²) in [4.78, 5) is 23.5. The van der Waals surface area contributed by atoms with E-state index in [9.17, 15) is 14.0 Å². The topological polar surface area (TPSA) is 55.4 Å². The number of carbonyl (C=O) groups excluding carboxylic acids is 2. The summed E-state index contributed by atoms with van der Waals surface area (Å²) in [6.07, 6.45) is 0. The summed E-state index contributed by atoms with van der Waals surface area (Å²) in [5, 5.41) is 2.51. The molecule has 0 heterocycles. The molecule has 4 nitrogen and oxygen atoms in total. The molecule has 0 spiro atoms. The van der Waals surface area contributed by atoms with Gasteiger partial charge in [0.2, 0.25) is 0 Å². The van der Waals surface area contributed by atoms with Crippen molar-refractivity contribution < 1.29 is 18.7 Å². The summed E-state index contributed by atoms with van der Waals surface area (Å²) in [6, 6.07) is 12.8. The van der Waals surface area contributed by atoms with Crippen LogP contribution in [0.3, 0.4) is 0 Å². The molecule has 0 saturated heterocycles. The third-order valence-corrected chi connectivity index (χ3v) is 3.10. The van der Waals surface area contributed by atoms with Crippen LogP contribution in [0.5, 0.6) is 0 Å². The van der Waals surface area contributed by atoms with Crippen LogP contribution in [0.4, 0.5) is 4.39 Å². The molecule has 114 valence electrons. The fourth-order valence-electron chi connectivity index (χ4n) is 1.87. The fraction of sp³-hybridized carbons (Fsp3) is 0.176. The number of hydrogen-bond acceptors (Lipinski definition) is 3. The number of carbonyl (C=O) groups is 2. The Morgan fingerprint density at radius 2 is 1.77 bits per heavy atom. The Hall–Kier alpha value is -2.69. The molecule has 22 heavy (non-hydrogen) atoms. The van der Waals surface area contributed by atoms with Crippen molar-refractivity contribution in [2.24, 2.45) is 0 Å². The smallest absolute Gasteiger partial charge is 0.325 e. The van der Waals surface area contributed by atoms with Gasteiger partial charge in [0.15, 0.2) is 0 Å². The van der Waals surface area contributed by atoms with E-state index in [-0.39, 0.29) is 24.9 Å². The predicted molar refractivity (Wildman–Crippen MR) is 79.7 cm³/mol. The molecule has 0 saturated carbocycles. The summed E-state index contributed by atoms with van der Waals surface area (Å²) in [5.74, 6) is -1.22. The van der Waals surface area contributed by atoms with Crippen LogP contribution in [0.2, 0.25) is 0 Å². The molecule has 0 fully saturated rings. The molecule has 0 aliphatic rings. The van der Waals surface area contributed by atoms with Crippen LogP contribution in [0.15, 0.2) is 48.5 Å². The maximum absolute atomic E-state index is 12.7. The molecule has 1 N–H and O–H groups in total. The number of amides is 1. The Balaban J connectivity index is 1.79. The largest absolute Gasteiger partial charge is 0.460 e. The fourth-order valence-corrected chi connectivity index (χ4v) is 1.87. The van der Waals surface area contributed by atoms with Gasteiger partial charge in [0.05, 0.1) is 0 Å². The Kier molecular flexibility index (Phi) is 5.25. The first-order chi connectivity index (χ1) is 10.6. The summed E-state index contributed by atoms with van der Waals surface area (Å²) in [7, 11) is 0. The molecule has 2 rings (SSSR count). The van der Waals surface area contributed by atoms with Gasteiger partial charge in [-0.2, -0.15) is 0 Å². The van der Waals surface area contributed by atoms with Gasteiger partial charge in [-0.1, -0.05) is 30.3 Å². The van der Waals surface area contributed by atoms with E-state index >= 15 is 0 Å². The van der Waals surface area contributed by atoms with Crippen LogP contribution in [0.1, 0.15) is 21.5 Å². The number of rotatable bonds is 5. The number of ether oxygens (including phenoxy) is 1. The molecule has 0 unspecified atom stereocenters. The number of halogens is 1. The lowest BCUT2D eigenvalue weighted by Gasteiger charge is -2.08. The van der Waals surface area contributed by atoms with Crippen molar-refractivity contribution in [1.29, 1.82) is 0 Å². The average molecular weight is 301 g/mol. The molecule has 0 aliphatic carbocycles. The zero-order valence-electron chi connectivity index (χ0n) is 12.1. The lowest BCUT2D eigenvalue weighted by Crippen LogP contribution is -2.31. The second kappa shape index (κ2) is 7.36. The van der Waals surface area contributed by atoms with Crippen LogP contribution in [0.25, 0.3) is 0 Å². The van der Waals surface area contributed by atoms with Gasteiger partial charge in [-0.25, -0.2) is 4.39 Å². The first-order valence-electron chi connectivity index (χ1n) is 6.80. The van der Waals surface area contributed by atoms with E-state index in [1.807, 2.05) is 19.1 Å². The van der Waals surface area contributed by atoms with E-state index in [0.717, 1.165) is 5.56 Å². The molecule has 5 heteroatoms. The maximum Gasteiger partial charge on any atom is 0.325 e. The molecule has 0 atom stereocenters. The van der Waals surface area contributed by atoms with E-state index in [0.29, 0.717) is 11.1 Å². The molecular weight excluding hydrogens is 285 g/mol. The van der Waals surface area contributed by atoms with Gasteiger partial charge >= 0.3 is 5.97 Å². The minimum Gasteiger partial charge on any atom is -0.460 e. The third-order valence-electron chi connectivity index (χ3n) is 3.10. The third kappa shape index (κ3) is 4.41. The normalized spacial score (nSPS) is 10.1. The van der Waals surface area contributed by atoms with Gasteiger partial charge in [-0.15, -0.1) is 0 Å². The monoisotopic (exact) mass is 301 g/mol.